The third-order valence-electron chi connectivity index (χ3n) is 3.48. The Morgan fingerprint density at radius 1 is 0.893 bits per heavy atom. The molecular formula is C19H34N4O5. The number of carbonyl (C=O) groups excluding carboxylic acids is 3. The van der Waals surface area contributed by atoms with Crippen molar-refractivity contribution in [2.24, 2.45) is 5.41 Å². The van der Waals surface area contributed by atoms with Crippen molar-refractivity contribution in [1.82, 2.24) is 20.2 Å². The molecule has 0 aliphatic heterocycles. The Balaban J connectivity index is 0.000000528. The van der Waals surface area contributed by atoms with Crippen molar-refractivity contribution in [2.75, 3.05) is 13.2 Å². The van der Waals surface area contributed by atoms with Crippen molar-refractivity contribution in [2.45, 2.75) is 80.2 Å². The second kappa shape index (κ2) is 11.5. The first-order valence-corrected chi connectivity index (χ1v) is 9.44. The molecule has 1 rings (SSSR count). The fourth-order valence-electron chi connectivity index (χ4n) is 2.00. The lowest BCUT2D eigenvalue weighted by Gasteiger charge is -2.16. The van der Waals surface area contributed by atoms with Gasteiger partial charge in [-0.15, -0.1) is 5.10 Å². The molecule has 0 aromatic carbocycles. The second-order valence-corrected chi connectivity index (χ2v) is 8.19. The van der Waals surface area contributed by atoms with E-state index in [1.54, 1.807) is 13.8 Å². The van der Waals surface area contributed by atoms with Crippen LogP contribution in [0.3, 0.4) is 0 Å². The molecule has 28 heavy (non-hydrogen) atoms. The lowest BCUT2D eigenvalue weighted by Crippen LogP contribution is -2.23. The molecule has 160 valence electrons. The van der Waals surface area contributed by atoms with Crippen molar-refractivity contribution in [3.63, 3.8) is 0 Å². The van der Waals surface area contributed by atoms with Crippen molar-refractivity contribution < 1.29 is 23.9 Å². The Hall–Kier alpha value is -2.32. The molecule has 0 spiro atoms. The van der Waals surface area contributed by atoms with Crippen LogP contribution in [0, 0.1) is 5.41 Å². The van der Waals surface area contributed by atoms with Gasteiger partial charge in [0.2, 0.25) is 0 Å². The number of tetrazole rings is 1. The lowest BCUT2D eigenvalue weighted by molar-refractivity contribution is -0.145. The molecule has 0 aliphatic rings. The minimum absolute atomic E-state index is 0.0629. The third kappa shape index (κ3) is 10.1. The SMILES string of the molecule is CCOC(=O)CCC(=O)C(C)(C)C.CCOC(=O)Cn1nnnc1C(C)(C)C. The van der Waals surface area contributed by atoms with Gasteiger partial charge in [0.15, 0.2) is 5.82 Å². The molecule has 0 saturated carbocycles. The van der Waals surface area contributed by atoms with Gasteiger partial charge < -0.3 is 9.47 Å². The topological polar surface area (TPSA) is 113 Å². The van der Waals surface area contributed by atoms with Gasteiger partial charge in [0.05, 0.1) is 19.6 Å². The Kier molecular flexibility index (Phi) is 10.6. The van der Waals surface area contributed by atoms with E-state index < -0.39 is 0 Å². The second-order valence-electron chi connectivity index (χ2n) is 8.19. The van der Waals surface area contributed by atoms with Crippen LogP contribution in [0.15, 0.2) is 0 Å². The number of esters is 2. The number of hydrogen-bond donors (Lipinski definition) is 0. The maximum atomic E-state index is 11.4. The van der Waals surface area contributed by atoms with E-state index in [9.17, 15) is 14.4 Å². The van der Waals surface area contributed by atoms with Gasteiger partial charge in [-0.05, 0) is 24.3 Å². The van der Waals surface area contributed by atoms with Crippen molar-refractivity contribution in [1.29, 1.82) is 0 Å². The van der Waals surface area contributed by atoms with Crippen LogP contribution in [0.25, 0.3) is 0 Å². The highest BCUT2D eigenvalue weighted by Crippen LogP contribution is 2.18. The van der Waals surface area contributed by atoms with Gasteiger partial charge in [-0.1, -0.05) is 41.5 Å². The van der Waals surface area contributed by atoms with Gasteiger partial charge >= 0.3 is 11.9 Å². The summed E-state index contributed by atoms with van der Waals surface area (Å²) in [5.41, 5.74) is -0.539. The number of ketones is 1. The van der Waals surface area contributed by atoms with Gasteiger partial charge in [-0.2, -0.15) is 0 Å². The van der Waals surface area contributed by atoms with Crippen molar-refractivity contribution in [3.05, 3.63) is 5.82 Å². The molecular weight excluding hydrogens is 364 g/mol. The summed E-state index contributed by atoms with van der Waals surface area (Å²) in [6, 6.07) is 0. The molecule has 0 bridgehead atoms. The van der Waals surface area contributed by atoms with Crippen LogP contribution in [0.2, 0.25) is 0 Å². The highest BCUT2D eigenvalue weighted by molar-refractivity contribution is 5.86. The molecule has 0 N–H and O–H groups in total. The summed E-state index contributed by atoms with van der Waals surface area (Å²) in [7, 11) is 0. The molecule has 1 aromatic rings. The van der Waals surface area contributed by atoms with Crippen LogP contribution >= 0.6 is 0 Å². The summed E-state index contributed by atoms with van der Waals surface area (Å²) in [4.78, 5) is 33.5. The Labute approximate surface area is 167 Å². The summed E-state index contributed by atoms with van der Waals surface area (Å²) >= 11 is 0. The molecule has 9 heteroatoms. The first-order valence-electron chi connectivity index (χ1n) is 9.44. The molecule has 1 aromatic heterocycles. The van der Waals surface area contributed by atoms with E-state index in [0.29, 0.717) is 19.0 Å². The Bertz CT molecular complexity index is 641. The average molecular weight is 399 g/mol. The number of nitrogens with zero attached hydrogens (tertiary/aromatic N) is 4. The maximum Gasteiger partial charge on any atom is 0.327 e. The van der Waals surface area contributed by atoms with Crippen LogP contribution < -0.4 is 0 Å². The molecule has 0 aliphatic carbocycles. The van der Waals surface area contributed by atoms with Gasteiger partial charge in [0.1, 0.15) is 12.3 Å². The number of ether oxygens (including phenoxy) is 2. The van der Waals surface area contributed by atoms with Gasteiger partial charge in [-0.25, -0.2) is 4.68 Å². The monoisotopic (exact) mass is 398 g/mol. The zero-order valence-electron chi connectivity index (χ0n) is 18.4. The molecule has 0 unspecified atom stereocenters. The molecule has 0 atom stereocenters. The van der Waals surface area contributed by atoms with E-state index in [-0.39, 0.29) is 47.9 Å². The quantitative estimate of drug-likeness (QED) is 0.644. The van der Waals surface area contributed by atoms with Crippen molar-refractivity contribution >= 4 is 17.7 Å². The van der Waals surface area contributed by atoms with Gasteiger partial charge in [0.25, 0.3) is 0 Å². The van der Waals surface area contributed by atoms with Crippen LogP contribution in [-0.2, 0) is 35.8 Å². The highest BCUT2D eigenvalue weighted by atomic mass is 16.5. The van der Waals surface area contributed by atoms with E-state index in [2.05, 4.69) is 15.5 Å². The number of hydrogen-bond acceptors (Lipinski definition) is 8. The minimum Gasteiger partial charge on any atom is -0.466 e. The smallest absolute Gasteiger partial charge is 0.327 e. The Morgan fingerprint density at radius 2 is 1.43 bits per heavy atom. The zero-order valence-corrected chi connectivity index (χ0v) is 18.4. The van der Waals surface area contributed by atoms with E-state index in [0.717, 1.165) is 0 Å². The summed E-state index contributed by atoms with van der Waals surface area (Å²) < 4.78 is 11.0. The zero-order chi connectivity index (χ0) is 22.0. The number of aromatic nitrogens is 4. The average Bonchev–Trinajstić information content (AvgIpc) is 3.01. The number of rotatable bonds is 7. The van der Waals surface area contributed by atoms with Crippen LogP contribution in [0.4, 0.5) is 0 Å². The standard InChI is InChI=1S/C10H18O3.C9H16N4O2/c1-5-13-9(12)7-6-8(11)10(2,3)4;1-5-15-7(14)6-13-8(9(2,3)4)10-11-12-13/h5-7H2,1-4H3;5-6H2,1-4H3. The predicted octanol–water partition coefficient (Wildman–Crippen LogP) is 2.48. The van der Waals surface area contributed by atoms with Crippen LogP contribution in [-0.4, -0.2) is 51.1 Å². The van der Waals surface area contributed by atoms with E-state index in [1.807, 2.05) is 41.5 Å². The predicted molar refractivity (Wildman–Crippen MR) is 103 cm³/mol. The first kappa shape index (κ1) is 25.7. The summed E-state index contributed by atoms with van der Waals surface area (Å²) in [6.07, 6.45) is 0.478. The third-order valence-corrected chi connectivity index (χ3v) is 3.48. The summed E-state index contributed by atoms with van der Waals surface area (Å²) in [6.45, 7) is 15.8. The summed E-state index contributed by atoms with van der Waals surface area (Å²) in [5.74, 6) is 0.159. The first-order chi connectivity index (χ1) is 12.8. The van der Waals surface area contributed by atoms with Gasteiger partial charge in [0, 0.05) is 17.3 Å². The Morgan fingerprint density at radius 3 is 1.89 bits per heavy atom. The number of carbonyl (C=O) groups is 3. The fourth-order valence-corrected chi connectivity index (χ4v) is 2.00. The van der Waals surface area contributed by atoms with E-state index in [4.69, 9.17) is 9.47 Å². The molecule has 1 heterocycles. The normalized spacial score (nSPS) is 11.3. The van der Waals surface area contributed by atoms with E-state index >= 15 is 0 Å². The molecule has 9 nitrogen and oxygen atoms in total. The van der Waals surface area contributed by atoms with Gasteiger partial charge in [-0.3, -0.25) is 14.4 Å². The minimum atomic E-state index is -0.355. The lowest BCUT2D eigenvalue weighted by atomic mass is 9.88. The maximum absolute atomic E-state index is 11.4. The molecule has 0 saturated heterocycles. The van der Waals surface area contributed by atoms with Crippen molar-refractivity contribution in [3.8, 4) is 0 Å². The highest BCUT2D eigenvalue weighted by Gasteiger charge is 2.23. The number of Topliss-reactive ketones (excluding diaryl/α,β-unsaturated/α-hetero) is 1. The molecule has 0 amide bonds. The largest absolute Gasteiger partial charge is 0.466 e. The van der Waals surface area contributed by atoms with E-state index in [1.165, 1.54) is 4.68 Å². The van der Waals surface area contributed by atoms with Crippen LogP contribution in [0.1, 0.15) is 74.1 Å². The van der Waals surface area contributed by atoms with Crippen LogP contribution in [0.5, 0.6) is 0 Å². The molecule has 0 fully saturated rings. The summed E-state index contributed by atoms with van der Waals surface area (Å²) in [5, 5.41) is 11.2. The fraction of sp³-hybridized carbons (Fsp3) is 0.789. The molecule has 0 radical (unpaired) electrons.